The molecule has 5 nitrogen and oxygen atoms in total. The van der Waals surface area contributed by atoms with Gasteiger partial charge in [0.2, 0.25) is 5.89 Å². The summed E-state index contributed by atoms with van der Waals surface area (Å²) >= 11 is 0. The van der Waals surface area contributed by atoms with E-state index in [2.05, 4.69) is 5.10 Å². The second kappa shape index (κ2) is 6.30. The molecule has 0 spiro atoms. The van der Waals surface area contributed by atoms with E-state index in [0.29, 0.717) is 18.9 Å². The van der Waals surface area contributed by atoms with Crippen molar-refractivity contribution < 1.29 is 9.15 Å². The molecule has 0 radical (unpaired) electrons. The van der Waals surface area contributed by atoms with E-state index in [-0.39, 0.29) is 0 Å². The molecule has 2 aromatic carbocycles. The second-order valence-corrected chi connectivity index (χ2v) is 4.82. The highest BCUT2D eigenvalue weighted by Gasteiger charge is 2.10. The quantitative estimate of drug-likeness (QED) is 0.726. The average Bonchev–Trinajstić information content (AvgIpc) is 2.95. The number of rotatable bonds is 5. The van der Waals surface area contributed by atoms with Crippen LogP contribution in [0.5, 0.6) is 5.75 Å². The highest BCUT2D eigenvalue weighted by atomic mass is 16.5. The molecule has 0 saturated carbocycles. The maximum atomic E-state index is 11.9. The number of hydrogen-bond donors (Lipinski definition) is 0. The van der Waals surface area contributed by atoms with Gasteiger partial charge in [-0.3, -0.25) is 0 Å². The van der Waals surface area contributed by atoms with E-state index in [1.807, 2.05) is 54.6 Å². The summed E-state index contributed by atoms with van der Waals surface area (Å²) in [5.74, 6) is 0.696. The summed E-state index contributed by atoms with van der Waals surface area (Å²) in [6.07, 6.45) is 0.644. The Morgan fingerprint density at radius 2 is 1.82 bits per heavy atom. The predicted octanol–water partition coefficient (Wildman–Crippen LogP) is 2.75. The molecule has 1 aromatic heterocycles. The first-order chi connectivity index (χ1) is 10.8. The fourth-order valence-corrected chi connectivity index (χ4v) is 2.28. The molecule has 0 aliphatic heterocycles. The molecule has 0 N–H and O–H groups in total. The fraction of sp³-hybridized carbons (Fsp3) is 0.176. The lowest BCUT2D eigenvalue weighted by Gasteiger charge is -2.06. The summed E-state index contributed by atoms with van der Waals surface area (Å²) < 4.78 is 11.9. The molecule has 22 heavy (non-hydrogen) atoms. The van der Waals surface area contributed by atoms with Crippen LogP contribution in [0.3, 0.4) is 0 Å². The van der Waals surface area contributed by atoms with E-state index in [4.69, 9.17) is 9.15 Å². The van der Waals surface area contributed by atoms with E-state index >= 15 is 0 Å². The van der Waals surface area contributed by atoms with Crippen LogP contribution < -0.4 is 10.5 Å². The standard InChI is InChI=1S/C17H16N2O3/c1-21-15-10-6-5-7-13(15)11-12-19-17(20)22-16(18-19)14-8-3-2-4-9-14/h2-10H,11-12H2,1H3. The Bertz CT molecular complexity index is 806. The minimum atomic E-state index is -0.450. The molecule has 0 amide bonds. The van der Waals surface area contributed by atoms with Crippen molar-refractivity contribution in [1.82, 2.24) is 9.78 Å². The Hall–Kier alpha value is -2.82. The smallest absolute Gasteiger partial charge is 0.437 e. The summed E-state index contributed by atoms with van der Waals surface area (Å²) in [6, 6.07) is 17.1. The van der Waals surface area contributed by atoms with Gasteiger partial charge in [-0.25, -0.2) is 4.79 Å². The van der Waals surface area contributed by atoms with Crippen LogP contribution in [0.1, 0.15) is 5.56 Å². The zero-order valence-electron chi connectivity index (χ0n) is 12.2. The normalized spacial score (nSPS) is 10.6. The third kappa shape index (κ3) is 2.93. The van der Waals surface area contributed by atoms with Crippen molar-refractivity contribution in [1.29, 1.82) is 0 Å². The number of para-hydroxylation sites is 1. The number of aryl methyl sites for hydroxylation is 2. The van der Waals surface area contributed by atoms with Gasteiger partial charge in [-0.2, -0.15) is 4.68 Å². The number of hydrogen-bond acceptors (Lipinski definition) is 4. The topological polar surface area (TPSA) is 57.3 Å². The summed E-state index contributed by atoms with van der Waals surface area (Å²) in [6.45, 7) is 0.440. The van der Waals surface area contributed by atoms with Crippen LogP contribution in [0.4, 0.5) is 0 Å². The number of ether oxygens (including phenoxy) is 1. The lowest BCUT2D eigenvalue weighted by atomic mass is 10.1. The molecule has 112 valence electrons. The molecule has 0 saturated heterocycles. The molecule has 0 aliphatic rings. The van der Waals surface area contributed by atoms with Crippen LogP contribution in [0.2, 0.25) is 0 Å². The van der Waals surface area contributed by atoms with Crippen LogP contribution >= 0.6 is 0 Å². The Labute approximate surface area is 127 Å². The van der Waals surface area contributed by atoms with Gasteiger partial charge in [0, 0.05) is 5.56 Å². The van der Waals surface area contributed by atoms with E-state index < -0.39 is 5.76 Å². The number of nitrogens with zero attached hydrogens (tertiary/aromatic N) is 2. The number of methoxy groups -OCH3 is 1. The summed E-state index contributed by atoms with van der Waals surface area (Å²) in [4.78, 5) is 11.9. The van der Waals surface area contributed by atoms with Crippen molar-refractivity contribution in [2.24, 2.45) is 0 Å². The average molecular weight is 296 g/mol. The van der Waals surface area contributed by atoms with E-state index in [1.165, 1.54) is 4.68 Å². The van der Waals surface area contributed by atoms with E-state index in [0.717, 1.165) is 16.9 Å². The molecule has 3 aromatic rings. The number of aromatic nitrogens is 2. The Morgan fingerprint density at radius 3 is 2.59 bits per heavy atom. The van der Waals surface area contributed by atoms with Crippen LogP contribution in [-0.4, -0.2) is 16.9 Å². The highest BCUT2D eigenvalue weighted by molar-refractivity contribution is 5.51. The van der Waals surface area contributed by atoms with Crippen LogP contribution in [0, 0.1) is 0 Å². The van der Waals surface area contributed by atoms with Crippen molar-refractivity contribution in [3.05, 3.63) is 70.7 Å². The van der Waals surface area contributed by atoms with Crippen molar-refractivity contribution in [2.75, 3.05) is 7.11 Å². The molecule has 0 fully saturated rings. The molecule has 0 unspecified atom stereocenters. The van der Waals surface area contributed by atoms with Crippen molar-refractivity contribution in [3.63, 3.8) is 0 Å². The first-order valence-electron chi connectivity index (χ1n) is 7.03. The highest BCUT2D eigenvalue weighted by Crippen LogP contribution is 2.18. The largest absolute Gasteiger partial charge is 0.496 e. The maximum Gasteiger partial charge on any atom is 0.437 e. The van der Waals surface area contributed by atoms with E-state index in [1.54, 1.807) is 7.11 Å². The summed E-state index contributed by atoms with van der Waals surface area (Å²) in [7, 11) is 1.63. The van der Waals surface area contributed by atoms with Gasteiger partial charge in [0.25, 0.3) is 0 Å². The SMILES string of the molecule is COc1ccccc1CCn1nc(-c2ccccc2)oc1=O. The first kappa shape index (κ1) is 14.1. The van der Waals surface area contributed by atoms with Gasteiger partial charge in [-0.15, -0.1) is 5.10 Å². The van der Waals surface area contributed by atoms with Crippen molar-refractivity contribution in [2.45, 2.75) is 13.0 Å². The zero-order chi connectivity index (χ0) is 15.4. The molecule has 1 heterocycles. The predicted molar refractivity (Wildman–Crippen MR) is 82.9 cm³/mol. The van der Waals surface area contributed by atoms with Gasteiger partial charge in [-0.05, 0) is 30.2 Å². The Morgan fingerprint density at radius 1 is 1.09 bits per heavy atom. The lowest BCUT2D eigenvalue weighted by Crippen LogP contribution is -2.17. The molecule has 0 atom stereocenters. The minimum absolute atomic E-state index is 0.339. The van der Waals surface area contributed by atoms with Gasteiger partial charge >= 0.3 is 5.76 Å². The van der Waals surface area contributed by atoms with Gasteiger partial charge < -0.3 is 9.15 Å². The van der Waals surface area contributed by atoms with E-state index in [9.17, 15) is 4.79 Å². The van der Waals surface area contributed by atoms with Crippen LogP contribution in [-0.2, 0) is 13.0 Å². The molecular weight excluding hydrogens is 280 g/mol. The molecule has 5 heteroatoms. The van der Waals surface area contributed by atoms with Gasteiger partial charge in [0.1, 0.15) is 5.75 Å². The van der Waals surface area contributed by atoms with Gasteiger partial charge in [0.15, 0.2) is 0 Å². The minimum Gasteiger partial charge on any atom is -0.496 e. The third-order valence-electron chi connectivity index (χ3n) is 3.41. The maximum absolute atomic E-state index is 11.9. The third-order valence-corrected chi connectivity index (χ3v) is 3.41. The van der Waals surface area contributed by atoms with Crippen LogP contribution in [0.25, 0.3) is 11.5 Å². The molecular formula is C17H16N2O3. The second-order valence-electron chi connectivity index (χ2n) is 4.82. The number of benzene rings is 2. The molecule has 0 bridgehead atoms. The summed E-state index contributed by atoms with van der Waals surface area (Å²) in [5, 5.41) is 4.25. The monoisotopic (exact) mass is 296 g/mol. The zero-order valence-corrected chi connectivity index (χ0v) is 12.2. The summed E-state index contributed by atoms with van der Waals surface area (Å²) in [5.41, 5.74) is 1.82. The van der Waals surface area contributed by atoms with Gasteiger partial charge in [0.05, 0.1) is 13.7 Å². The van der Waals surface area contributed by atoms with Gasteiger partial charge in [-0.1, -0.05) is 36.4 Å². The molecule has 3 rings (SSSR count). The fourth-order valence-electron chi connectivity index (χ4n) is 2.28. The molecule has 0 aliphatic carbocycles. The van der Waals surface area contributed by atoms with Crippen LogP contribution in [0.15, 0.2) is 63.8 Å². The Kier molecular flexibility index (Phi) is 4.05. The first-order valence-corrected chi connectivity index (χ1v) is 7.03. The van der Waals surface area contributed by atoms with Crippen molar-refractivity contribution in [3.8, 4) is 17.2 Å². The Balaban J connectivity index is 1.79. The lowest BCUT2D eigenvalue weighted by molar-refractivity contribution is 0.406. The van der Waals surface area contributed by atoms with Crippen molar-refractivity contribution >= 4 is 0 Å².